The van der Waals surface area contributed by atoms with Gasteiger partial charge in [-0.15, -0.1) is 0 Å². The van der Waals surface area contributed by atoms with E-state index in [0.717, 1.165) is 22.8 Å². The van der Waals surface area contributed by atoms with Crippen LogP contribution in [-0.2, 0) is 4.79 Å². The molecule has 2 aromatic rings. The summed E-state index contributed by atoms with van der Waals surface area (Å²) in [6.07, 6.45) is 0. The lowest BCUT2D eigenvalue weighted by Gasteiger charge is -2.10. The molecule has 0 bridgehead atoms. The van der Waals surface area contributed by atoms with E-state index < -0.39 is 0 Å². The summed E-state index contributed by atoms with van der Waals surface area (Å²) in [5.41, 5.74) is 1.00. The lowest BCUT2D eigenvalue weighted by atomic mass is 10.2. The average Bonchev–Trinajstić information content (AvgIpc) is 2.58. The van der Waals surface area contributed by atoms with Crippen molar-refractivity contribution >= 4 is 5.91 Å². The summed E-state index contributed by atoms with van der Waals surface area (Å²) in [7, 11) is 1.62. The van der Waals surface area contributed by atoms with E-state index in [0.29, 0.717) is 13.2 Å². The number of carbonyl (C=O) groups is 1. The van der Waals surface area contributed by atoms with Gasteiger partial charge in [0.05, 0.1) is 13.7 Å². The number of benzene rings is 2. The van der Waals surface area contributed by atoms with Crippen LogP contribution >= 0.6 is 0 Å². The number of hydrogen-bond acceptors (Lipinski definition) is 4. The second-order valence-corrected chi connectivity index (χ2v) is 4.93. The molecule has 5 nitrogen and oxygen atoms in total. The van der Waals surface area contributed by atoms with Crippen molar-refractivity contribution in [3.8, 4) is 17.2 Å². The van der Waals surface area contributed by atoms with Gasteiger partial charge in [-0.3, -0.25) is 4.79 Å². The van der Waals surface area contributed by atoms with E-state index in [-0.39, 0.29) is 12.5 Å². The van der Waals surface area contributed by atoms with Gasteiger partial charge >= 0.3 is 0 Å². The maximum atomic E-state index is 11.7. The molecule has 0 atom stereocenters. The van der Waals surface area contributed by atoms with Gasteiger partial charge in [0, 0.05) is 0 Å². The third kappa shape index (κ3) is 5.54. The maximum Gasteiger partial charge on any atom is 0.258 e. The van der Waals surface area contributed by atoms with Crippen molar-refractivity contribution in [2.24, 2.45) is 0 Å². The van der Waals surface area contributed by atoms with Crippen LogP contribution in [0.3, 0.4) is 0 Å². The van der Waals surface area contributed by atoms with Gasteiger partial charge in [0.25, 0.3) is 5.91 Å². The molecule has 0 aliphatic rings. The van der Waals surface area contributed by atoms with E-state index in [1.165, 1.54) is 0 Å². The molecular weight excluding hydrogens is 294 g/mol. The predicted molar refractivity (Wildman–Crippen MR) is 88.2 cm³/mol. The van der Waals surface area contributed by atoms with Crippen LogP contribution in [0.4, 0.5) is 0 Å². The predicted octanol–water partition coefficient (Wildman–Crippen LogP) is 2.58. The Morgan fingerprint density at radius 2 is 1.70 bits per heavy atom. The summed E-state index contributed by atoms with van der Waals surface area (Å²) in [4.78, 5) is 11.7. The Bertz CT molecular complexity index is 625. The fraction of sp³-hybridized carbons (Fsp3) is 0.278. The van der Waals surface area contributed by atoms with Gasteiger partial charge in [0.1, 0.15) is 23.9 Å². The minimum Gasteiger partial charge on any atom is -0.497 e. The molecule has 2 rings (SSSR count). The Labute approximate surface area is 136 Å². The Kier molecular flexibility index (Phi) is 6.29. The minimum atomic E-state index is -0.174. The van der Waals surface area contributed by atoms with Crippen LogP contribution < -0.4 is 19.5 Å². The molecule has 0 radical (unpaired) electrons. The molecule has 5 heteroatoms. The van der Waals surface area contributed by atoms with Crippen molar-refractivity contribution in [1.82, 2.24) is 5.32 Å². The van der Waals surface area contributed by atoms with Crippen molar-refractivity contribution in [2.75, 3.05) is 26.9 Å². The number of amides is 1. The zero-order chi connectivity index (χ0) is 16.5. The highest BCUT2D eigenvalue weighted by Gasteiger charge is 2.04. The summed E-state index contributed by atoms with van der Waals surface area (Å²) in [5.74, 6) is 2.05. The monoisotopic (exact) mass is 315 g/mol. The molecule has 0 aromatic heterocycles. The maximum absolute atomic E-state index is 11.7. The van der Waals surface area contributed by atoms with E-state index in [1.54, 1.807) is 7.11 Å². The quantitative estimate of drug-likeness (QED) is 0.761. The molecule has 0 aliphatic heterocycles. The fourth-order valence-electron chi connectivity index (χ4n) is 1.94. The van der Waals surface area contributed by atoms with Crippen LogP contribution in [0.1, 0.15) is 5.56 Å². The molecule has 0 saturated carbocycles. The lowest BCUT2D eigenvalue weighted by molar-refractivity contribution is -0.123. The third-order valence-electron chi connectivity index (χ3n) is 3.20. The largest absolute Gasteiger partial charge is 0.497 e. The molecule has 0 aliphatic carbocycles. The molecule has 23 heavy (non-hydrogen) atoms. The molecule has 0 saturated heterocycles. The summed E-state index contributed by atoms with van der Waals surface area (Å²) < 4.78 is 16.1. The molecule has 0 unspecified atom stereocenters. The van der Waals surface area contributed by atoms with Gasteiger partial charge in [0.15, 0.2) is 6.61 Å². The number of nitrogens with one attached hydrogen (secondary N) is 1. The van der Waals surface area contributed by atoms with E-state index in [1.807, 2.05) is 55.5 Å². The molecular formula is C18H21NO4. The van der Waals surface area contributed by atoms with Crippen molar-refractivity contribution in [1.29, 1.82) is 0 Å². The summed E-state index contributed by atoms with van der Waals surface area (Å²) >= 11 is 0. The molecule has 0 heterocycles. The highest BCUT2D eigenvalue weighted by Crippen LogP contribution is 2.17. The number of aryl methyl sites for hydroxylation is 1. The third-order valence-corrected chi connectivity index (χ3v) is 3.20. The van der Waals surface area contributed by atoms with Crippen LogP contribution in [-0.4, -0.2) is 32.8 Å². The zero-order valence-electron chi connectivity index (χ0n) is 13.4. The number of methoxy groups -OCH3 is 1. The SMILES string of the molecule is COc1ccc(OCCNC(=O)COc2ccccc2C)cc1. The number of rotatable bonds is 8. The highest BCUT2D eigenvalue weighted by atomic mass is 16.5. The first-order chi connectivity index (χ1) is 11.2. The Hall–Kier alpha value is -2.69. The lowest BCUT2D eigenvalue weighted by Crippen LogP contribution is -2.32. The van der Waals surface area contributed by atoms with Crippen molar-refractivity contribution in [3.63, 3.8) is 0 Å². The normalized spacial score (nSPS) is 10.0. The Morgan fingerprint density at radius 3 is 2.39 bits per heavy atom. The summed E-state index contributed by atoms with van der Waals surface area (Å²) in [6, 6.07) is 14.9. The smallest absolute Gasteiger partial charge is 0.258 e. The van der Waals surface area contributed by atoms with Gasteiger partial charge in [0.2, 0.25) is 0 Å². The summed E-state index contributed by atoms with van der Waals surface area (Å²) in [6.45, 7) is 2.74. The van der Waals surface area contributed by atoms with Crippen LogP contribution in [0.5, 0.6) is 17.2 Å². The minimum absolute atomic E-state index is 0.00656. The zero-order valence-corrected chi connectivity index (χ0v) is 13.4. The van der Waals surface area contributed by atoms with Crippen molar-refractivity contribution in [3.05, 3.63) is 54.1 Å². The highest BCUT2D eigenvalue weighted by molar-refractivity contribution is 5.77. The van der Waals surface area contributed by atoms with Gasteiger partial charge in [-0.25, -0.2) is 0 Å². The molecule has 0 fully saturated rings. The second-order valence-electron chi connectivity index (χ2n) is 4.93. The van der Waals surface area contributed by atoms with E-state index in [4.69, 9.17) is 14.2 Å². The molecule has 0 spiro atoms. The number of carbonyl (C=O) groups excluding carboxylic acids is 1. The second kappa shape index (κ2) is 8.68. The van der Waals surface area contributed by atoms with Crippen molar-refractivity contribution in [2.45, 2.75) is 6.92 Å². The molecule has 122 valence electrons. The first-order valence-corrected chi connectivity index (χ1v) is 7.41. The van der Waals surface area contributed by atoms with Gasteiger partial charge in [-0.05, 0) is 42.8 Å². The molecule has 1 amide bonds. The number of hydrogen-bond donors (Lipinski definition) is 1. The molecule has 1 N–H and O–H groups in total. The summed E-state index contributed by atoms with van der Waals surface area (Å²) in [5, 5.41) is 2.75. The topological polar surface area (TPSA) is 56.8 Å². The van der Waals surface area contributed by atoms with Crippen LogP contribution in [0.2, 0.25) is 0 Å². The van der Waals surface area contributed by atoms with Gasteiger partial charge in [-0.2, -0.15) is 0 Å². The van der Waals surface area contributed by atoms with Gasteiger partial charge < -0.3 is 19.5 Å². The first-order valence-electron chi connectivity index (χ1n) is 7.41. The Balaban J connectivity index is 1.63. The van der Waals surface area contributed by atoms with Crippen LogP contribution in [0.25, 0.3) is 0 Å². The fourth-order valence-corrected chi connectivity index (χ4v) is 1.94. The van der Waals surface area contributed by atoms with Crippen LogP contribution in [0.15, 0.2) is 48.5 Å². The van der Waals surface area contributed by atoms with Crippen molar-refractivity contribution < 1.29 is 19.0 Å². The van der Waals surface area contributed by atoms with E-state index in [9.17, 15) is 4.79 Å². The van der Waals surface area contributed by atoms with E-state index in [2.05, 4.69) is 5.32 Å². The molecule has 2 aromatic carbocycles. The Morgan fingerprint density at radius 1 is 1.00 bits per heavy atom. The van der Waals surface area contributed by atoms with Crippen LogP contribution in [0, 0.1) is 6.92 Å². The number of para-hydroxylation sites is 1. The first kappa shape index (κ1) is 16.7. The number of ether oxygens (including phenoxy) is 3. The standard InChI is InChI=1S/C18H21NO4/c1-14-5-3-4-6-17(14)23-13-18(20)19-11-12-22-16-9-7-15(21-2)8-10-16/h3-10H,11-13H2,1-2H3,(H,19,20). The van der Waals surface area contributed by atoms with E-state index >= 15 is 0 Å². The van der Waals surface area contributed by atoms with Gasteiger partial charge in [-0.1, -0.05) is 18.2 Å². The average molecular weight is 315 g/mol.